The zero-order chi connectivity index (χ0) is 26.4. The molecule has 0 saturated carbocycles. The molecule has 0 aliphatic carbocycles. The van der Waals surface area contributed by atoms with Crippen molar-refractivity contribution in [2.24, 2.45) is 16.5 Å². The van der Waals surface area contributed by atoms with Gasteiger partial charge >= 0.3 is 5.97 Å². The highest BCUT2D eigenvalue weighted by Gasteiger charge is 2.48. The summed E-state index contributed by atoms with van der Waals surface area (Å²) in [5.41, 5.74) is 10.5. The first kappa shape index (κ1) is 28.5. The van der Waals surface area contributed by atoms with Gasteiger partial charge in [-0.05, 0) is 43.4 Å². The highest BCUT2D eigenvalue weighted by Crippen LogP contribution is 2.32. The zero-order valence-electron chi connectivity index (χ0n) is 20.2. The largest absolute Gasteiger partial charge is 0.480 e. The Kier molecular flexibility index (Phi) is 11.5. The summed E-state index contributed by atoms with van der Waals surface area (Å²) in [6.45, 7) is -0.231. The van der Waals surface area contributed by atoms with E-state index < -0.39 is 35.7 Å². The number of nitrogens with two attached hydrogens (primary N) is 2. The zero-order valence-corrected chi connectivity index (χ0v) is 20.2. The normalized spacial score (nSPS) is 12.5. The Bertz CT molecular complexity index is 972. The minimum atomic E-state index is -1.76. The van der Waals surface area contributed by atoms with Gasteiger partial charge in [-0.25, -0.2) is 0 Å². The number of unbranched alkanes of at least 4 members (excludes halogenated alkanes) is 1. The van der Waals surface area contributed by atoms with Gasteiger partial charge in [0, 0.05) is 13.2 Å². The molecule has 10 heteroatoms. The number of carboxylic acids is 1. The topological polar surface area (TPSA) is 180 Å². The molecule has 8 N–H and O–H groups in total. The van der Waals surface area contributed by atoms with Gasteiger partial charge in [0.05, 0.1) is 5.92 Å². The maximum Gasteiger partial charge on any atom is 0.322 e. The first-order valence-electron chi connectivity index (χ1n) is 11.9. The molecule has 0 heterocycles. The summed E-state index contributed by atoms with van der Waals surface area (Å²) in [6, 6.07) is 18.2. The SMILES string of the molecule is NC(N)=NCCC[C@](NCCCCO)(C(=O)NCC(=O)O)C(=O)C(c1ccccc1)c1ccccc1. The Morgan fingerprint density at radius 2 is 1.50 bits per heavy atom. The summed E-state index contributed by atoms with van der Waals surface area (Å²) in [4.78, 5) is 43.2. The molecule has 0 bridgehead atoms. The molecular weight excluding hydrogens is 462 g/mol. The van der Waals surface area contributed by atoms with Crippen LogP contribution in [0.1, 0.15) is 42.7 Å². The molecule has 0 saturated heterocycles. The summed E-state index contributed by atoms with van der Waals surface area (Å²) in [7, 11) is 0. The molecule has 0 aliphatic heterocycles. The third kappa shape index (κ3) is 8.17. The van der Waals surface area contributed by atoms with E-state index >= 15 is 0 Å². The first-order chi connectivity index (χ1) is 17.3. The fourth-order valence-electron chi connectivity index (χ4n) is 4.03. The van der Waals surface area contributed by atoms with Gasteiger partial charge < -0.3 is 27.0 Å². The van der Waals surface area contributed by atoms with E-state index in [4.69, 9.17) is 16.6 Å². The maximum absolute atomic E-state index is 14.4. The van der Waals surface area contributed by atoms with Crippen LogP contribution in [0.4, 0.5) is 0 Å². The van der Waals surface area contributed by atoms with Crippen LogP contribution in [0.5, 0.6) is 0 Å². The maximum atomic E-state index is 14.4. The highest BCUT2D eigenvalue weighted by molar-refractivity contribution is 6.14. The van der Waals surface area contributed by atoms with Gasteiger partial charge in [0.15, 0.2) is 17.3 Å². The van der Waals surface area contributed by atoms with Crippen LogP contribution >= 0.6 is 0 Å². The number of rotatable bonds is 16. The quantitative estimate of drug-likeness (QED) is 0.0850. The van der Waals surface area contributed by atoms with Crippen LogP contribution in [0, 0.1) is 0 Å². The van der Waals surface area contributed by atoms with Crippen LogP contribution in [0.25, 0.3) is 0 Å². The number of carboxylic acid groups (broad SMARTS) is 1. The van der Waals surface area contributed by atoms with Crippen molar-refractivity contribution in [1.82, 2.24) is 10.6 Å². The van der Waals surface area contributed by atoms with Crippen LogP contribution in [0.3, 0.4) is 0 Å². The van der Waals surface area contributed by atoms with Gasteiger partial charge in [-0.3, -0.25) is 24.7 Å². The van der Waals surface area contributed by atoms with E-state index in [-0.39, 0.29) is 38.5 Å². The average molecular weight is 498 g/mol. The molecule has 194 valence electrons. The van der Waals surface area contributed by atoms with Gasteiger partial charge in [-0.2, -0.15) is 0 Å². The third-order valence-electron chi connectivity index (χ3n) is 5.75. The molecule has 0 aliphatic rings. The van der Waals surface area contributed by atoms with Crippen molar-refractivity contribution in [2.45, 2.75) is 37.1 Å². The molecule has 2 aromatic carbocycles. The molecule has 2 rings (SSSR count). The number of hydrogen-bond donors (Lipinski definition) is 6. The third-order valence-corrected chi connectivity index (χ3v) is 5.75. The fourth-order valence-corrected chi connectivity index (χ4v) is 4.03. The van der Waals surface area contributed by atoms with E-state index in [1.54, 1.807) is 0 Å². The second-order valence-corrected chi connectivity index (χ2v) is 8.37. The molecule has 1 amide bonds. The number of carbonyl (C=O) groups is 3. The van der Waals surface area contributed by atoms with E-state index in [1.165, 1.54) is 0 Å². The summed E-state index contributed by atoms with van der Waals surface area (Å²) >= 11 is 0. The molecule has 2 aromatic rings. The molecule has 1 atom stereocenters. The van der Waals surface area contributed by atoms with Gasteiger partial charge in [-0.1, -0.05) is 60.7 Å². The minimum Gasteiger partial charge on any atom is -0.480 e. The summed E-state index contributed by atoms with van der Waals surface area (Å²) in [6.07, 6.45) is 1.30. The fraction of sp³-hybridized carbons (Fsp3) is 0.385. The molecule has 0 fully saturated rings. The molecule has 0 spiro atoms. The van der Waals surface area contributed by atoms with Gasteiger partial charge in [-0.15, -0.1) is 0 Å². The molecule has 0 radical (unpaired) electrons. The average Bonchev–Trinajstić information content (AvgIpc) is 2.87. The van der Waals surface area contributed by atoms with Crippen LogP contribution in [-0.4, -0.2) is 65.6 Å². The number of aliphatic carboxylic acids is 1. The first-order valence-corrected chi connectivity index (χ1v) is 11.9. The molecule has 10 nitrogen and oxygen atoms in total. The van der Waals surface area contributed by atoms with Crippen molar-refractivity contribution in [2.75, 3.05) is 26.2 Å². The number of guanidine groups is 1. The second kappa shape index (κ2) is 14.6. The summed E-state index contributed by atoms with van der Waals surface area (Å²) in [5, 5.41) is 23.9. The number of carbonyl (C=O) groups excluding carboxylic acids is 2. The van der Waals surface area contributed by atoms with Crippen molar-refractivity contribution in [3.63, 3.8) is 0 Å². The molecular formula is C26H35N5O5. The van der Waals surface area contributed by atoms with Gasteiger partial charge in [0.2, 0.25) is 5.91 Å². The van der Waals surface area contributed by atoms with Crippen LogP contribution in [0.15, 0.2) is 65.7 Å². The number of nitrogens with one attached hydrogen (secondary N) is 2. The van der Waals surface area contributed by atoms with Crippen molar-refractivity contribution in [3.05, 3.63) is 71.8 Å². The number of Topliss-reactive ketones (excluding diaryl/α,β-unsaturated/α-hetero) is 1. The Balaban J connectivity index is 2.58. The van der Waals surface area contributed by atoms with Crippen molar-refractivity contribution in [1.29, 1.82) is 0 Å². The summed E-state index contributed by atoms with van der Waals surface area (Å²) in [5.74, 6) is -3.29. The Morgan fingerprint density at radius 3 is 2.00 bits per heavy atom. The molecule has 36 heavy (non-hydrogen) atoms. The van der Waals surface area contributed by atoms with Crippen molar-refractivity contribution < 1.29 is 24.6 Å². The number of hydrogen-bond acceptors (Lipinski definition) is 6. The van der Waals surface area contributed by atoms with Crippen LogP contribution in [-0.2, 0) is 14.4 Å². The van der Waals surface area contributed by atoms with Crippen LogP contribution < -0.4 is 22.1 Å². The monoisotopic (exact) mass is 497 g/mol. The number of benzene rings is 2. The van der Waals surface area contributed by atoms with E-state index in [0.29, 0.717) is 24.0 Å². The summed E-state index contributed by atoms with van der Waals surface area (Å²) < 4.78 is 0. The Labute approximate surface area is 210 Å². The smallest absolute Gasteiger partial charge is 0.322 e. The van der Waals surface area contributed by atoms with Crippen LogP contribution in [0.2, 0.25) is 0 Å². The number of amides is 1. The number of aliphatic imine (C=N–C) groups is 1. The second-order valence-electron chi connectivity index (χ2n) is 8.37. The lowest BCUT2D eigenvalue weighted by atomic mass is 9.75. The number of nitrogens with zero attached hydrogens (tertiary/aromatic N) is 1. The Morgan fingerprint density at radius 1 is 0.917 bits per heavy atom. The van der Waals surface area contributed by atoms with Gasteiger partial charge in [0.25, 0.3) is 0 Å². The predicted octanol–water partition coefficient (Wildman–Crippen LogP) is 0.743. The van der Waals surface area contributed by atoms with Crippen molar-refractivity contribution in [3.8, 4) is 0 Å². The lowest BCUT2D eigenvalue weighted by Crippen LogP contribution is -2.64. The number of aliphatic hydroxyl groups is 1. The highest BCUT2D eigenvalue weighted by atomic mass is 16.4. The van der Waals surface area contributed by atoms with Crippen molar-refractivity contribution >= 4 is 23.6 Å². The number of ketones is 1. The van der Waals surface area contributed by atoms with E-state index in [0.717, 1.165) is 0 Å². The molecule has 0 unspecified atom stereocenters. The lowest BCUT2D eigenvalue weighted by Gasteiger charge is -2.35. The standard InChI is InChI=1S/C26H35N5O5/c27-25(28)29-15-9-14-26(31-16-7-8-17-32,24(36)30-18-21(33)34)23(35)22(19-10-3-1-4-11-19)20-12-5-2-6-13-20/h1-6,10-13,22,31-32H,7-9,14-18H2,(H,30,36)(H,33,34)(H4,27,28,29)/t26-/m1/s1. The molecule has 0 aromatic heterocycles. The van der Waals surface area contributed by atoms with E-state index in [2.05, 4.69) is 15.6 Å². The number of aliphatic hydroxyl groups excluding tert-OH is 1. The lowest BCUT2D eigenvalue weighted by molar-refractivity contribution is -0.143. The predicted molar refractivity (Wildman–Crippen MR) is 137 cm³/mol. The van der Waals surface area contributed by atoms with E-state index in [9.17, 15) is 19.5 Å². The van der Waals surface area contributed by atoms with E-state index in [1.807, 2.05) is 60.7 Å². The Hall–Kier alpha value is -3.76. The van der Waals surface area contributed by atoms with Gasteiger partial charge in [0.1, 0.15) is 6.54 Å². The minimum absolute atomic E-state index is 0.0311.